The van der Waals surface area contributed by atoms with E-state index in [1.165, 1.54) is 4.40 Å². The van der Waals surface area contributed by atoms with Crippen molar-refractivity contribution in [3.8, 4) is 5.75 Å². The van der Waals surface area contributed by atoms with E-state index in [0.717, 1.165) is 5.69 Å². The van der Waals surface area contributed by atoms with Gasteiger partial charge in [-0.2, -0.15) is 0 Å². The van der Waals surface area contributed by atoms with E-state index in [-0.39, 0.29) is 11.5 Å². The van der Waals surface area contributed by atoms with E-state index in [4.69, 9.17) is 4.74 Å². The third-order valence-corrected chi connectivity index (χ3v) is 6.18. The van der Waals surface area contributed by atoms with Crippen LogP contribution in [-0.2, 0) is 0 Å². The Morgan fingerprint density at radius 3 is 2.72 bits per heavy atom. The zero-order chi connectivity index (χ0) is 22.5. The van der Waals surface area contributed by atoms with E-state index < -0.39 is 5.67 Å². The van der Waals surface area contributed by atoms with Crippen molar-refractivity contribution in [3.05, 3.63) is 58.3 Å². The summed E-state index contributed by atoms with van der Waals surface area (Å²) < 4.78 is 21.4. The summed E-state index contributed by atoms with van der Waals surface area (Å²) in [5.74, 6) is 0.950. The molecule has 2 aliphatic rings. The SMILES string of the molecule is Cc1cnc2cc(N3CCOc4cc(C(=O)N5CCC(C)(F)CC5)cnc43)ccn2c1=O. The molecule has 8 nitrogen and oxygen atoms in total. The van der Waals surface area contributed by atoms with Gasteiger partial charge in [0.1, 0.15) is 17.9 Å². The molecular formula is C23H24FN5O3. The van der Waals surface area contributed by atoms with Crippen LogP contribution in [0.4, 0.5) is 15.9 Å². The van der Waals surface area contributed by atoms with Gasteiger partial charge in [-0.3, -0.25) is 14.0 Å². The molecule has 166 valence electrons. The largest absolute Gasteiger partial charge is 0.488 e. The molecule has 1 amide bonds. The number of pyridine rings is 2. The average Bonchev–Trinajstić information content (AvgIpc) is 2.80. The zero-order valence-electron chi connectivity index (χ0n) is 18.0. The van der Waals surface area contributed by atoms with Crippen LogP contribution in [0.15, 0.2) is 41.6 Å². The number of carbonyl (C=O) groups excluding carboxylic acids is 1. The maximum absolute atomic E-state index is 14.1. The van der Waals surface area contributed by atoms with E-state index in [1.54, 1.807) is 43.4 Å². The summed E-state index contributed by atoms with van der Waals surface area (Å²) in [7, 11) is 0. The Bertz CT molecular complexity index is 1260. The quantitative estimate of drug-likeness (QED) is 0.613. The van der Waals surface area contributed by atoms with Crippen LogP contribution in [-0.4, -0.2) is 57.1 Å². The minimum absolute atomic E-state index is 0.101. The molecule has 2 aliphatic heterocycles. The molecule has 0 bridgehead atoms. The second-order valence-corrected chi connectivity index (χ2v) is 8.61. The molecule has 1 saturated heterocycles. The minimum Gasteiger partial charge on any atom is -0.488 e. The molecule has 0 aromatic carbocycles. The Hall–Kier alpha value is -3.49. The maximum atomic E-state index is 14.1. The van der Waals surface area contributed by atoms with E-state index in [9.17, 15) is 14.0 Å². The molecule has 0 N–H and O–H groups in total. The Balaban J connectivity index is 1.43. The minimum atomic E-state index is -1.22. The number of fused-ring (bicyclic) bond motifs is 2. The molecule has 5 heterocycles. The molecule has 0 aliphatic carbocycles. The molecule has 32 heavy (non-hydrogen) atoms. The molecule has 5 rings (SSSR count). The number of ether oxygens (including phenoxy) is 1. The summed E-state index contributed by atoms with van der Waals surface area (Å²) in [4.78, 5) is 37.7. The highest BCUT2D eigenvalue weighted by molar-refractivity contribution is 5.95. The van der Waals surface area contributed by atoms with Crippen LogP contribution in [0.25, 0.3) is 5.65 Å². The first kappa shape index (κ1) is 20.4. The van der Waals surface area contributed by atoms with Gasteiger partial charge in [0.15, 0.2) is 11.6 Å². The summed E-state index contributed by atoms with van der Waals surface area (Å²) in [5.41, 5.74) is 1.06. The summed E-state index contributed by atoms with van der Waals surface area (Å²) in [6.45, 7) is 5.09. The number of aryl methyl sites for hydroxylation is 1. The number of likely N-dealkylation sites (tertiary alicyclic amines) is 1. The van der Waals surface area contributed by atoms with Crippen molar-refractivity contribution in [1.29, 1.82) is 0 Å². The number of aromatic nitrogens is 3. The predicted octanol–water partition coefficient (Wildman–Crippen LogP) is 2.89. The summed E-state index contributed by atoms with van der Waals surface area (Å²) in [6, 6.07) is 5.37. The maximum Gasteiger partial charge on any atom is 0.260 e. The van der Waals surface area contributed by atoms with E-state index in [1.807, 2.05) is 17.0 Å². The van der Waals surface area contributed by atoms with E-state index in [2.05, 4.69) is 9.97 Å². The Morgan fingerprint density at radius 1 is 1.16 bits per heavy atom. The molecule has 0 saturated carbocycles. The zero-order valence-corrected chi connectivity index (χ0v) is 18.0. The predicted molar refractivity (Wildman–Crippen MR) is 118 cm³/mol. The molecule has 3 aromatic rings. The van der Waals surface area contributed by atoms with Gasteiger partial charge in [0.2, 0.25) is 0 Å². The lowest BCUT2D eigenvalue weighted by molar-refractivity contribution is 0.0503. The van der Waals surface area contributed by atoms with Gasteiger partial charge in [0.25, 0.3) is 11.5 Å². The highest BCUT2D eigenvalue weighted by Gasteiger charge is 2.32. The van der Waals surface area contributed by atoms with Crippen molar-refractivity contribution in [2.75, 3.05) is 31.1 Å². The third-order valence-electron chi connectivity index (χ3n) is 6.18. The molecule has 0 unspecified atom stereocenters. The van der Waals surface area contributed by atoms with E-state index in [0.29, 0.717) is 67.4 Å². The molecule has 3 aromatic heterocycles. The molecule has 0 spiro atoms. The highest BCUT2D eigenvalue weighted by Crippen LogP contribution is 2.36. The number of hydrogen-bond donors (Lipinski definition) is 0. The van der Waals surface area contributed by atoms with Crippen molar-refractivity contribution >= 4 is 23.1 Å². The smallest absolute Gasteiger partial charge is 0.260 e. The third kappa shape index (κ3) is 3.57. The van der Waals surface area contributed by atoms with Crippen LogP contribution in [0.1, 0.15) is 35.7 Å². The van der Waals surface area contributed by atoms with Gasteiger partial charge in [-0.1, -0.05) is 0 Å². The number of alkyl halides is 1. The fourth-order valence-electron chi connectivity index (χ4n) is 4.15. The van der Waals surface area contributed by atoms with Gasteiger partial charge in [-0.15, -0.1) is 0 Å². The number of anilines is 2. The summed E-state index contributed by atoms with van der Waals surface area (Å²) >= 11 is 0. The lowest BCUT2D eigenvalue weighted by atomic mass is 9.95. The van der Waals surface area contributed by atoms with Crippen LogP contribution in [0.5, 0.6) is 5.75 Å². The Morgan fingerprint density at radius 2 is 1.94 bits per heavy atom. The fourth-order valence-corrected chi connectivity index (χ4v) is 4.15. The van der Waals surface area contributed by atoms with Gasteiger partial charge in [-0.05, 0) is 38.8 Å². The first-order valence-electron chi connectivity index (χ1n) is 10.7. The number of halogens is 1. The monoisotopic (exact) mass is 437 g/mol. The highest BCUT2D eigenvalue weighted by atomic mass is 19.1. The number of carbonyl (C=O) groups is 1. The Kier molecular flexibility index (Phi) is 4.83. The fraction of sp³-hybridized carbons (Fsp3) is 0.391. The normalized spacial score (nSPS) is 17.7. The lowest BCUT2D eigenvalue weighted by Gasteiger charge is -2.34. The standard InChI is InChI=1S/C23H24FN5O3/c1-15-13-25-19-12-17(3-6-29(19)21(15)30)28-9-10-32-18-11-16(14-26-20(18)28)22(31)27-7-4-23(2,24)5-8-27/h3,6,11-14H,4-5,7-10H2,1-2H3. The number of hydrogen-bond acceptors (Lipinski definition) is 6. The summed E-state index contributed by atoms with van der Waals surface area (Å²) in [5, 5.41) is 0. The van der Waals surface area contributed by atoms with Crippen LogP contribution >= 0.6 is 0 Å². The van der Waals surface area contributed by atoms with Crippen molar-refractivity contribution in [1.82, 2.24) is 19.3 Å². The first-order valence-corrected chi connectivity index (χ1v) is 10.7. The topological polar surface area (TPSA) is 80.0 Å². The number of nitrogens with zero attached hydrogens (tertiary/aromatic N) is 5. The molecular weight excluding hydrogens is 413 g/mol. The Labute approximate surface area is 184 Å². The van der Waals surface area contributed by atoms with Crippen LogP contribution < -0.4 is 15.2 Å². The average molecular weight is 437 g/mol. The lowest BCUT2D eigenvalue weighted by Crippen LogP contribution is -2.43. The first-order chi connectivity index (χ1) is 15.3. The molecule has 1 fully saturated rings. The number of piperidine rings is 1. The number of rotatable bonds is 2. The van der Waals surface area contributed by atoms with E-state index >= 15 is 0 Å². The summed E-state index contributed by atoms with van der Waals surface area (Å²) in [6.07, 6.45) is 5.48. The van der Waals surface area contributed by atoms with Crippen molar-refractivity contribution in [2.45, 2.75) is 32.4 Å². The van der Waals surface area contributed by atoms with Crippen molar-refractivity contribution in [3.63, 3.8) is 0 Å². The van der Waals surface area contributed by atoms with Gasteiger partial charge < -0.3 is 14.5 Å². The van der Waals surface area contributed by atoms with Gasteiger partial charge >= 0.3 is 0 Å². The van der Waals surface area contributed by atoms with Crippen LogP contribution in [0.3, 0.4) is 0 Å². The molecule has 9 heteroatoms. The van der Waals surface area contributed by atoms with Crippen LogP contribution in [0.2, 0.25) is 0 Å². The molecule has 0 radical (unpaired) electrons. The van der Waals surface area contributed by atoms with Gasteiger partial charge in [0, 0.05) is 49.0 Å². The van der Waals surface area contributed by atoms with Crippen LogP contribution in [0, 0.1) is 6.92 Å². The van der Waals surface area contributed by atoms with Gasteiger partial charge in [0.05, 0.1) is 12.1 Å². The second-order valence-electron chi connectivity index (χ2n) is 8.61. The van der Waals surface area contributed by atoms with Crippen molar-refractivity contribution < 1.29 is 13.9 Å². The molecule has 0 atom stereocenters. The second kappa shape index (κ2) is 7.58. The van der Waals surface area contributed by atoms with Crippen molar-refractivity contribution in [2.24, 2.45) is 0 Å². The van der Waals surface area contributed by atoms with Gasteiger partial charge in [-0.25, -0.2) is 14.4 Å². The number of amides is 1.